The fraction of sp³-hybridized carbons (Fsp3) is 0.250. The van der Waals surface area contributed by atoms with Crippen molar-refractivity contribution < 1.29 is 4.79 Å². The van der Waals surface area contributed by atoms with Crippen molar-refractivity contribution in [2.24, 2.45) is 0 Å². The van der Waals surface area contributed by atoms with Crippen LogP contribution in [0.15, 0.2) is 42.7 Å². The van der Waals surface area contributed by atoms with Crippen molar-refractivity contribution in [3.63, 3.8) is 0 Å². The first-order chi connectivity index (χ1) is 9.63. The molecule has 0 bridgehead atoms. The second kappa shape index (κ2) is 6.19. The summed E-state index contributed by atoms with van der Waals surface area (Å²) in [5, 5.41) is 3.00. The van der Waals surface area contributed by atoms with Crippen molar-refractivity contribution in [3.8, 4) is 0 Å². The maximum Gasteiger partial charge on any atom is 0.256 e. The van der Waals surface area contributed by atoms with Crippen LogP contribution in [0.1, 0.15) is 21.5 Å². The number of amides is 1. The number of hydrogen-bond donors (Lipinski definition) is 1. The fourth-order valence-corrected chi connectivity index (χ4v) is 2.10. The Labute approximate surface area is 119 Å². The average molecular weight is 269 g/mol. The first-order valence-electron chi connectivity index (χ1n) is 6.55. The van der Waals surface area contributed by atoms with E-state index in [1.54, 1.807) is 30.4 Å². The lowest BCUT2D eigenvalue weighted by molar-refractivity contribution is 0.0786. The van der Waals surface area contributed by atoms with Gasteiger partial charge in [-0.25, -0.2) is 0 Å². The summed E-state index contributed by atoms with van der Waals surface area (Å²) in [5.74, 6) is -0.0139. The monoisotopic (exact) mass is 269 g/mol. The van der Waals surface area contributed by atoms with E-state index in [9.17, 15) is 4.79 Å². The zero-order valence-corrected chi connectivity index (χ0v) is 12.1. The van der Waals surface area contributed by atoms with Crippen LogP contribution in [0.5, 0.6) is 0 Å². The molecule has 1 aromatic heterocycles. The van der Waals surface area contributed by atoms with E-state index in [1.807, 2.05) is 25.2 Å². The van der Waals surface area contributed by atoms with Gasteiger partial charge in [0, 0.05) is 26.8 Å². The first kappa shape index (κ1) is 14.1. The molecule has 4 heteroatoms. The van der Waals surface area contributed by atoms with E-state index in [0.29, 0.717) is 12.1 Å². The molecule has 0 saturated carbocycles. The Morgan fingerprint density at radius 3 is 2.75 bits per heavy atom. The summed E-state index contributed by atoms with van der Waals surface area (Å²) < 4.78 is 0. The SMILES string of the molecule is CNc1cnccc1C(=O)N(C)Cc1ccccc1C. The molecule has 4 nitrogen and oxygen atoms in total. The maximum atomic E-state index is 12.5. The Bertz CT molecular complexity index is 610. The van der Waals surface area contributed by atoms with Crippen LogP contribution in [0.2, 0.25) is 0 Å². The van der Waals surface area contributed by atoms with E-state index in [0.717, 1.165) is 11.3 Å². The van der Waals surface area contributed by atoms with Crippen LogP contribution in [0.3, 0.4) is 0 Å². The quantitative estimate of drug-likeness (QED) is 0.928. The van der Waals surface area contributed by atoms with Gasteiger partial charge in [0.05, 0.1) is 17.4 Å². The second-order valence-electron chi connectivity index (χ2n) is 4.76. The van der Waals surface area contributed by atoms with Crippen molar-refractivity contribution >= 4 is 11.6 Å². The van der Waals surface area contributed by atoms with Crippen LogP contribution in [0, 0.1) is 6.92 Å². The summed E-state index contributed by atoms with van der Waals surface area (Å²) >= 11 is 0. The molecule has 1 heterocycles. The van der Waals surface area contributed by atoms with Crippen LogP contribution >= 0.6 is 0 Å². The third-order valence-corrected chi connectivity index (χ3v) is 3.34. The molecule has 0 unspecified atom stereocenters. The van der Waals surface area contributed by atoms with Gasteiger partial charge in [0.1, 0.15) is 0 Å². The van der Waals surface area contributed by atoms with Gasteiger partial charge < -0.3 is 10.2 Å². The van der Waals surface area contributed by atoms with Crippen LogP contribution in [0.25, 0.3) is 0 Å². The molecule has 1 aromatic carbocycles. The summed E-state index contributed by atoms with van der Waals surface area (Å²) in [5.41, 5.74) is 3.73. The van der Waals surface area contributed by atoms with Gasteiger partial charge in [-0.1, -0.05) is 24.3 Å². The normalized spacial score (nSPS) is 10.2. The van der Waals surface area contributed by atoms with Gasteiger partial charge in [-0.3, -0.25) is 9.78 Å². The third kappa shape index (κ3) is 2.96. The number of carbonyl (C=O) groups is 1. The van der Waals surface area contributed by atoms with E-state index < -0.39 is 0 Å². The van der Waals surface area contributed by atoms with Crippen LogP contribution < -0.4 is 5.32 Å². The van der Waals surface area contributed by atoms with E-state index in [2.05, 4.69) is 23.3 Å². The molecule has 0 radical (unpaired) electrons. The lowest BCUT2D eigenvalue weighted by Crippen LogP contribution is -2.27. The Balaban J connectivity index is 2.19. The molecule has 1 amide bonds. The topological polar surface area (TPSA) is 45.2 Å². The van der Waals surface area contributed by atoms with Gasteiger partial charge in [-0.2, -0.15) is 0 Å². The largest absolute Gasteiger partial charge is 0.386 e. The smallest absolute Gasteiger partial charge is 0.256 e. The van der Waals surface area contributed by atoms with Crippen molar-refractivity contribution in [3.05, 3.63) is 59.4 Å². The molecular formula is C16H19N3O. The molecular weight excluding hydrogens is 250 g/mol. The molecule has 0 atom stereocenters. The average Bonchev–Trinajstić information content (AvgIpc) is 2.48. The van der Waals surface area contributed by atoms with Gasteiger partial charge in [-0.15, -0.1) is 0 Å². The van der Waals surface area contributed by atoms with Crippen LogP contribution in [0.4, 0.5) is 5.69 Å². The highest BCUT2D eigenvalue weighted by Gasteiger charge is 2.16. The number of nitrogens with one attached hydrogen (secondary N) is 1. The highest BCUT2D eigenvalue weighted by molar-refractivity contribution is 5.99. The molecule has 2 aromatic rings. The van der Waals surface area contributed by atoms with Crippen LogP contribution in [-0.2, 0) is 6.54 Å². The van der Waals surface area contributed by atoms with E-state index in [4.69, 9.17) is 0 Å². The number of aromatic nitrogens is 1. The van der Waals surface area contributed by atoms with Gasteiger partial charge in [0.25, 0.3) is 5.91 Å². The maximum absolute atomic E-state index is 12.5. The highest BCUT2D eigenvalue weighted by Crippen LogP contribution is 2.17. The van der Waals surface area contributed by atoms with Gasteiger partial charge in [0.15, 0.2) is 0 Å². The number of nitrogens with zero attached hydrogens (tertiary/aromatic N) is 2. The Morgan fingerprint density at radius 1 is 1.30 bits per heavy atom. The summed E-state index contributed by atoms with van der Waals surface area (Å²) in [4.78, 5) is 18.2. The van der Waals surface area contributed by atoms with Gasteiger partial charge in [-0.05, 0) is 24.1 Å². The summed E-state index contributed by atoms with van der Waals surface area (Å²) in [6.45, 7) is 2.65. The zero-order valence-electron chi connectivity index (χ0n) is 12.1. The fourth-order valence-electron chi connectivity index (χ4n) is 2.10. The second-order valence-corrected chi connectivity index (χ2v) is 4.76. The number of pyridine rings is 1. The van der Waals surface area contributed by atoms with E-state index in [-0.39, 0.29) is 5.91 Å². The molecule has 1 N–H and O–H groups in total. The lowest BCUT2D eigenvalue weighted by atomic mass is 10.1. The number of anilines is 1. The molecule has 0 aliphatic carbocycles. The lowest BCUT2D eigenvalue weighted by Gasteiger charge is -2.20. The molecule has 0 aliphatic rings. The van der Waals surface area contributed by atoms with Gasteiger partial charge >= 0.3 is 0 Å². The molecule has 20 heavy (non-hydrogen) atoms. The predicted molar refractivity (Wildman–Crippen MR) is 80.8 cm³/mol. The molecule has 2 rings (SSSR count). The molecule has 0 aliphatic heterocycles. The van der Waals surface area contributed by atoms with Crippen molar-refractivity contribution in [1.29, 1.82) is 0 Å². The standard InChI is InChI=1S/C16H19N3O/c1-12-6-4-5-7-13(12)11-19(3)16(20)14-8-9-18-10-15(14)17-2/h4-10,17H,11H2,1-3H3. The molecule has 0 fully saturated rings. The number of hydrogen-bond acceptors (Lipinski definition) is 3. The highest BCUT2D eigenvalue weighted by atomic mass is 16.2. The summed E-state index contributed by atoms with van der Waals surface area (Å²) in [6.07, 6.45) is 3.30. The Kier molecular flexibility index (Phi) is 4.35. The van der Waals surface area contributed by atoms with Crippen molar-refractivity contribution in [2.75, 3.05) is 19.4 Å². The Hall–Kier alpha value is -2.36. The molecule has 0 saturated heterocycles. The van der Waals surface area contributed by atoms with Crippen molar-refractivity contribution in [1.82, 2.24) is 9.88 Å². The number of aryl methyl sites for hydroxylation is 1. The number of rotatable bonds is 4. The minimum absolute atomic E-state index is 0.0139. The summed E-state index contributed by atoms with van der Waals surface area (Å²) in [7, 11) is 3.60. The van der Waals surface area contributed by atoms with Crippen molar-refractivity contribution in [2.45, 2.75) is 13.5 Å². The predicted octanol–water partition coefficient (Wildman–Crippen LogP) is 2.70. The molecule has 104 valence electrons. The number of carbonyl (C=O) groups excluding carboxylic acids is 1. The van der Waals surface area contributed by atoms with E-state index in [1.165, 1.54) is 5.56 Å². The zero-order chi connectivity index (χ0) is 14.5. The number of benzene rings is 1. The first-order valence-corrected chi connectivity index (χ1v) is 6.55. The van der Waals surface area contributed by atoms with Crippen LogP contribution in [-0.4, -0.2) is 29.9 Å². The Morgan fingerprint density at radius 2 is 2.05 bits per heavy atom. The minimum Gasteiger partial charge on any atom is -0.386 e. The van der Waals surface area contributed by atoms with E-state index >= 15 is 0 Å². The minimum atomic E-state index is -0.0139. The van der Waals surface area contributed by atoms with Gasteiger partial charge in [0.2, 0.25) is 0 Å². The summed E-state index contributed by atoms with van der Waals surface area (Å²) in [6, 6.07) is 9.83. The molecule has 0 spiro atoms. The third-order valence-electron chi connectivity index (χ3n) is 3.34.